The van der Waals surface area contributed by atoms with Gasteiger partial charge in [-0.15, -0.1) is 0 Å². The first-order valence-electron chi connectivity index (χ1n) is 8.62. The standard InChI is InChI=1S/C20H17ClN2O5S/c1-28-16-7-6-13(21)9-14(16)18(25)22-10-15(24)12-4-2-11(3-5-12)8-17-19(26)23-20(27)29-17/h2-7,9,17H,8,10H2,1H3,(H,22,25)(H,23,26,27). The van der Waals surface area contributed by atoms with Gasteiger partial charge in [0.1, 0.15) is 5.75 Å². The van der Waals surface area contributed by atoms with Crippen molar-refractivity contribution >= 4 is 46.2 Å². The summed E-state index contributed by atoms with van der Waals surface area (Å²) in [4.78, 5) is 47.6. The third-order valence-electron chi connectivity index (χ3n) is 4.28. The van der Waals surface area contributed by atoms with E-state index in [1.165, 1.54) is 13.2 Å². The quantitative estimate of drug-likeness (QED) is 0.652. The fourth-order valence-corrected chi connectivity index (χ4v) is 3.82. The van der Waals surface area contributed by atoms with Gasteiger partial charge in [-0.2, -0.15) is 0 Å². The summed E-state index contributed by atoms with van der Waals surface area (Å²) < 4.78 is 5.14. The lowest BCUT2D eigenvalue weighted by atomic mass is 10.0. The van der Waals surface area contributed by atoms with E-state index in [0.29, 0.717) is 22.8 Å². The number of benzene rings is 2. The monoisotopic (exact) mass is 432 g/mol. The summed E-state index contributed by atoms with van der Waals surface area (Å²) in [6.45, 7) is -0.191. The molecule has 1 heterocycles. The topological polar surface area (TPSA) is 102 Å². The van der Waals surface area contributed by atoms with Crippen molar-refractivity contribution in [2.24, 2.45) is 0 Å². The van der Waals surface area contributed by atoms with Crippen LogP contribution >= 0.6 is 23.4 Å². The molecule has 150 valence electrons. The smallest absolute Gasteiger partial charge is 0.286 e. The molecule has 1 fully saturated rings. The van der Waals surface area contributed by atoms with Crippen molar-refractivity contribution in [2.45, 2.75) is 11.7 Å². The predicted octanol–water partition coefficient (Wildman–Crippen LogP) is 2.86. The molecular formula is C20H17ClN2O5S. The highest BCUT2D eigenvalue weighted by atomic mass is 35.5. The molecule has 2 aromatic rings. The number of amides is 3. The summed E-state index contributed by atoms with van der Waals surface area (Å²) in [7, 11) is 1.44. The highest BCUT2D eigenvalue weighted by Crippen LogP contribution is 2.24. The molecular weight excluding hydrogens is 416 g/mol. The Bertz CT molecular complexity index is 977. The Morgan fingerprint density at radius 1 is 1.17 bits per heavy atom. The van der Waals surface area contributed by atoms with Crippen LogP contribution in [0.4, 0.5) is 4.79 Å². The number of thioether (sulfide) groups is 1. The summed E-state index contributed by atoms with van der Waals surface area (Å²) in [5.74, 6) is -0.687. The number of carbonyl (C=O) groups is 4. The SMILES string of the molecule is COc1ccc(Cl)cc1C(=O)NCC(=O)c1ccc(CC2SC(=O)NC2=O)cc1. The van der Waals surface area contributed by atoms with Crippen molar-refractivity contribution in [3.8, 4) is 5.75 Å². The number of carbonyl (C=O) groups excluding carboxylic acids is 4. The van der Waals surface area contributed by atoms with Crippen LogP contribution in [0.15, 0.2) is 42.5 Å². The minimum absolute atomic E-state index is 0.191. The van der Waals surface area contributed by atoms with E-state index in [4.69, 9.17) is 16.3 Å². The van der Waals surface area contributed by atoms with E-state index in [2.05, 4.69) is 10.6 Å². The third kappa shape index (κ3) is 5.16. The van der Waals surface area contributed by atoms with E-state index >= 15 is 0 Å². The van der Waals surface area contributed by atoms with Crippen molar-refractivity contribution in [3.05, 3.63) is 64.2 Å². The van der Waals surface area contributed by atoms with E-state index < -0.39 is 11.2 Å². The first kappa shape index (κ1) is 20.9. The van der Waals surface area contributed by atoms with Gasteiger partial charge in [-0.05, 0) is 30.2 Å². The Labute approximate surface area is 176 Å². The number of ether oxygens (including phenoxy) is 1. The van der Waals surface area contributed by atoms with Crippen LogP contribution in [0.1, 0.15) is 26.3 Å². The molecule has 3 amide bonds. The van der Waals surface area contributed by atoms with Gasteiger partial charge in [0.25, 0.3) is 11.1 Å². The highest BCUT2D eigenvalue weighted by Gasteiger charge is 2.31. The number of hydrogen-bond acceptors (Lipinski definition) is 6. The van der Waals surface area contributed by atoms with E-state index in [1.807, 2.05) is 0 Å². The van der Waals surface area contributed by atoms with Crippen molar-refractivity contribution in [1.82, 2.24) is 10.6 Å². The van der Waals surface area contributed by atoms with E-state index in [-0.39, 0.29) is 29.0 Å². The van der Waals surface area contributed by atoms with Crippen LogP contribution in [0.5, 0.6) is 5.75 Å². The molecule has 1 aliphatic heterocycles. The molecule has 1 unspecified atom stereocenters. The molecule has 0 spiro atoms. The first-order chi connectivity index (χ1) is 13.9. The van der Waals surface area contributed by atoms with Gasteiger partial charge in [-0.25, -0.2) is 0 Å². The van der Waals surface area contributed by atoms with Gasteiger partial charge in [0.05, 0.1) is 24.5 Å². The normalized spacial score (nSPS) is 15.7. The molecule has 2 N–H and O–H groups in total. The number of nitrogens with one attached hydrogen (secondary N) is 2. The van der Waals surface area contributed by atoms with Gasteiger partial charge in [-0.1, -0.05) is 47.6 Å². The first-order valence-corrected chi connectivity index (χ1v) is 9.88. The van der Waals surface area contributed by atoms with Crippen molar-refractivity contribution < 1.29 is 23.9 Å². The number of rotatable bonds is 7. The lowest BCUT2D eigenvalue weighted by Crippen LogP contribution is -2.29. The zero-order chi connectivity index (χ0) is 21.0. The number of ketones is 1. The highest BCUT2D eigenvalue weighted by molar-refractivity contribution is 8.15. The second-order valence-corrected chi connectivity index (χ2v) is 7.85. The summed E-state index contributed by atoms with van der Waals surface area (Å²) in [5.41, 5.74) is 1.49. The van der Waals surface area contributed by atoms with E-state index in [1.54, 1.807) is 36.4 Å². The fraction of sp³-hybridized carbons (Fsp3) is 0.200. The number of Topliss-reactive ketones (excluding diaryl/α,β-unsaturated/α-hetero) is 1. The molecule has 29 heavy (non-hydrogen) atoms. The average Bonchev–Trinajstić information content (AvgIpc) is 3.03. The number of hydrogen-bond donors (Lipinski definition) is 2. The van der Waals surface area contributed by atoms with Gasteiger partial charge in [0.2, 0.25) is 5.91 Å². The van der Waals surface area contributed by atoms with Gasteiger partial charge in [0.15, 0.2) is 5.78 Å². The van der Waals surface area contributed by atoms with Crippen LogP contribution < -0.4 is 15.4 Å². The van der Waals surface area contributed by atoms with Crippen LogP contribution in [0.3, 0.4) is 0 Å². The third-order valence-corrected chi connectivity index (χ3v) is 5.50. The van der Waals surface area contributed by atoms with Crippen LogP contribution in [-0.4, -0.2) is 41.7 Å². The molecule has 2 aromatic carbocycles. The van der Waals surface area contributed by atoms with Crippen LogP contribution in [0.25, 0.3) is 0 Å². The van der Waals surface area contributed by atoms with Gasteiger partial charge in [-0.3, -0.25) is 24.5 Å². The van der Waals surface area contributed by atoms with Crippen molar-refractivity contribution in [1.29, 1.82) is 0 Å². The zero-order valence-corrected chi connectivity index (χ0v) is 16.9. The van der Waals surface area contributed by atoms with E-state index in [0.717, 1.165) is 17.3 Å². The molecule has 3 rings (SSSR count). The largest absolute Gasteiger partial charge is 0.496 e. The molecule has 0 saturated carbocycles. The summed E-state index contributed by atoms with van der Waals surface area (Å²) in [6.07, 6.45) is 0.391. The molecule has 0 bridgehead atoms. The minimum Gasteiger partial charge on any atom is -0.496 e. The fourth-order valence-electron chi connectivity index (χ4n) is 2.78. The lowest BCUT2D eigenvalue weighted by molar-refractivity contribution is -0.118. The number of methoxy groups -OCH3 is 1. The van der Waals surface area contributed by atoms with Crippen LogP contribution in [0.2, 0.25) is 5.02 Å². The molecule has 0 aromatic heterocycles. The Morgan fingerprint density at radius 3 is 2.52 bits per heavy atom. The Balaban J connectivity index is 1.58. The maximum atomic E-state index is 12.4. The number of imide groups is 1. The second kappa shape index (κ2) is 9.11. The lowest BCUT2D eigenvalue weighted by Gasteiger charge is -2.10. The average molecular weight is 433 g/mol. The van der Waals surface area contributed by atoms with E-state index in [9.17, 15) is 19.2 Å². The zero-order valence-electron chi connectivity index (χ0n) is 15.4. The molecule has 1 saturated heterocycles. The Kier molecular flexibility index (Phi) is 6.56. The van der Waals surface area contributed by atoms with Crippen molar-refractivity contribution in [2.75, 3.05) is 13.7 Å². The second-order valence-electron chi connectivity index (χ2n) is 6.23. The molecule has 1 atom stereocenters. The molecule has 1 aliphatic rings. The maximum Gasteiger partial charge on any atom is 0.286 e. The molecule has 7 nitrogen and oxygen atoms in total. The Morgan fingerprint density at radius 2 is 1.90 bits per heavy atom. The van der Waals surface area contributed by atoms with Crippen LogP contribution in [0, 0.1) is 0 Å². The molecule has 9 heteroatoms. The number of halogens is 1. The summed E-state index contributed by atoms with van der Waals surface area (Å²) in [6, 6.07) is 11.4. The summed E-state index contributed by atoms with van der Waals surface area (Å²) in [5, 5.41) is 4.38. The van der Waals surface area contributed by atoms with Gasteiger partial charge < -0.3 is 10.1 Å². The summed E-state index contributed by atoms with van der Waals surface area (Å²) >= 11 is 6.88. The van der Waals surface area contributed by atoms with Gasteiger partial charge >= 0.3 is 0 Å². The maximum absolute atomic E-state index is 12.4. The van der Waals surface area contributed by atoms with Crippen LogP contribution in [-0.2, 0) is 11.2 Å². The Hall–Kier alpha value is -2.84. The predicted molar refractivity (Wildman–Crippen MR) is 110 cm³/mol. The molecule has 0 aliphatic carbocycles. The molecule has 0 radical (unpaired) electrons. The van der Waals surface area contributed by atoms with Gasteiger partial charge in [0, 0.05) is 10.6 Å². The van der Waals surface area contributed by atoms with Crippen molar-refractivity contribution in [3.63, 3.8) is 0 Å². The minimum atomic E-state index is -0.469.